The number of Topliss-reactive ketones (excluding diaryl/α,β-unsaturated/α-hetero) is 1. The van der Waals surface area contributed by atoms with Crippen LogP contribution in [0, 0.1) is 11.8 Å². The van der Waals surface area contributed by atoms with Crippen molar-refractivity contribution < 1.29 is 58.7 Å². The Morgan fingerprint density at radius 2 is 1.53 bits per heavy atom. The topological polar surface area (TPSA) is 217 Å². The van der Waals surface area contributed by atoms with Crippen LogP contribution in [0.4, 0.5) is 4.79 Å². The summed E-state index contributed by atoms with van der Waals surface area (Å²) in [6.45, 7) is 0.281. The van der Waals surface area contributed by atoms with Gasteiger partial charge in [-0.15, -0.1) is 0 Å². The number of aliphatic hydroxyl groups is 3. The Balaban J connectivity index is 1.68. The lowest BCUT2D eigenvalue weighted by Crippen LogP contribution is -2.67. The Kier molecular flexibility index (Phi) is 18.8. The lowest BCUT2D eigenvalue weighted by Gasteiger charge is -2.34. The van der Waals surface area contributed by atoms with E-state index in [1.54, 1.807) is 12.2 Å². The highest BCUT2D eigenvalue weighted by Crippen LogP contribution is 2.31. The fourth-order valence-electron chi connectivity index (χ4n) is 6.00. The van der Waals surface area contributed by atoms with E-state index in [9.17, 15) is 49.2 Å². The number of hydrogen-bond acceptors (Lipinski definition) is 11. The molecule has 0 aromatic carbocycles. The molecule has 14 nitrogen and oxygen atoms in total. The van der Waals surface area contributed by atoms with Gasteiger partial charge in [0.05, 0.1) is 18.6 Å². The summed E-state index contributed by atoms with van der Waals surface area (Å²) in [5, 5.41) is 42.6. The number of ether oxygens (including phenoxy) is 2. The van der Waals surface area contributed by atoms with Gasteiger partial charge < -0.3 is 35.2 Å². The van der Waals surface area contributed by atoms with Crippen molar-refractivity contribution in [1.29, 1.82) is 0 Å². The number of imide groups is 1. The zero-order valence-electron chi connectivity index (χ0n) is 28.6. The molecule has 0 spiro atoms. The Labute approximate surface area is 287 Å². The molecule has 2 rings (SSSR count). The highest BCUT2D eigenvalue weighted by atomic mass is 16.7. The Morgan fingerprint density at radius 1 is 0.918 bits per heavy atom. The molecule has 5 N–H and O–H groups in total. The van der Waals surface area contributed by atoms with E-state index in [1.807, 2.05) is 5.32 Å². The molecule has 276 valence electrons. The molecule has 1 aliphatic carbocycles. The van der Waals surface area contributed by atoms with Crippen molar-refractivity contribution in [2.24, 2.45) is 11.8 Å². The number of carbonyl (C=O) groups excluding carboxylic acids is 5. The minimum Gasteiger partial charge on any atom is -0.479 e. The number of nitrogens with one attached hydrogen (secondary N) is 1. The molecule has 14 heteroatoms. The average Bonchev–Trinajstić information content (AvgIpc) is 3.40. The number of ketones is 1. The average molecular weight is 695 g/mol. The lowest BCUT2D eigenvalue weighted by atomic mass is 9.82. The van der Waals surface area contributed by atoms with E-state index in [1.165, 1.54) is 17.1 Å². The Hall–Kier alpha value is -3.62. The number of carboxylic acids is 1. The maximum atomic E-state index is 12.5. The van der Waals surface area contributed by atoms with Crippen molar-refractivity contribution in [2.75, 3.05) is 19.9 Å². The van der Waals surface area contributed by atoms with Crippen LogP contribution >= 0.6 is 0 Å². The Bertz CT molecular complexity index is 1150. The molecular weight excluding hydrogens is 640 g/mol. The van der Waals surface area contributed by atoms with Crippen molar-refractivity contribution in [3.63, 3.8) is 0 Å². The number of carboxylic acid groups (broad SMARTS) is 1. The second-order valence-corrected chi connectivity index (χ2v) is 12.9. The number of esters is 1. The van der Waals surface area contributed by atoms with Crippen LogP contribution in [0.1, 0.15) is 110 Å². The van der Waals surface area contributed by atoms with E-state index in [0.29, 0.717) is 50.7 Å². The van der Waals surface area contributed by atoms with E-state index < -0.39 is 55.1 Å². The summed E-state index contributed by atoms with van der Waals surface area (Å²) >= 11 is 0. The van der Waals surface area contributed by atoms with Crippen LogP contribution in [0.3, 0.4) is 0 Å². The Morgan fingerprint density at radius 3 is 2.12 bits per heavy atom. The largest absolute Gasteiger partial charge is 0.479 e. The van der Waals surface area contributed by atoms with E-state index >= 15 is 0 Å². The van der Waals surface area contributed by atoms with Crippen molar-refractivity contribution in [3.05, 3.63) is 24.3 Å². The first-order valence-corrected chi connectivity index (χ1v) is 17.5. The predicted octanol–water partition coefficient (Wildman–Crippen LogP) is 3.31. The molecule has 3 atom stereocenters. The highest BCUT2D eigenvalue weighted by molar-refractivity contribution is 6.12. The minimum atomic E-state index is -2.70. The monoisotopic (exact) mass is 694 g/mol. The number of amides is 3. The maximum absolute atomic E-state index is 12.5. The fourth-order valence-corrected chi connectivity index (χ4v) is 6.00. The summed E-state index contributed by atoms with van der Waals surface area (Å²) in [5.74, 6) is -3.31. The minimum absolute atomic E-state index is 0.0437. The molecule has 0 unspecified atom stereocenters. The van der Waals surface area contributed by atoms with Crippen LogP contribution in [0.5, 0.6) is 0 Å². The normalized spacial score (nSPS) is 20.2. The van der Waals surface area contributed by atoms with Gasteiger partial charge in [-0.2, -0.15) is 0 Å². The van der Waals surface area contributed by atoms with E-state index in [-0.39, 0.29) is 30.7 Å². The first-order valence-electron chi connectivity index (χ1n) is 17.5. The number of alkyl carbamates (subject to hydrolysis) is 1. The maximum Gasteiger partial charge on any atom is 0.411 e. The number of hydrogen-bond donors (Lipinski definition) is 5. The van der Waals surface area contributed by atoms with Gasteiger partial charge in [0.15, 0.2) is 5.54 Å². The highest BCUT2D eigenvalue weighted by Gasteiger charge is 2.50. The third-order valence-corrected chi connectivity index (χ3v) is 9.17. The molecule has 1 heterocycles. The predicted molar refractivity (Wildman–Crippen MR) is 177 cm³/mol. The summed E-state index contributed by atoms with van der Waals surface area (Å²) in [5.41, 5.74) is -2.70. The molecule has 49 heavy (non-hydrogen) atoms. The van der Waals surface area contributed by atoms with Gasteiger partial charge in [-0.05, 0) is 63.7 Å². The zero-order chi connectivity index (χ0) is 36.2. The smallest absolute Gasteiger partial charge is 0.411 e. The number of aliphatic hydroxyl groups excluding tert-OH is 3. The van der Waals surface area contributed by atoms with Crippen LogP contribution in [0.25, 0.3) is 0 Å². The van der Waals surface area contributed by atoms with Crippen molar-refractivity contribution >= 4 is 35.6 Å². The van der Waals surface area contributed by atoms with Crippen LogP contribution in [-0.2, 0) is 33.4 Å². The van der Waals surface area contributed by atoms with Gasteiger partial charge in [0.1, 0.15) is 11.9 Å². The number of allylic oxidation sites excluding steroid dienone is 1. The van der Waals surface area contributed by atoms with Gasteiger partial charge in [-0.25, -0.2) is 9.59 Å². The quantitative estimate of drug-likeness (QED) is 0.0323. The van der Waals surface area contributed by atoms with Crippen LogP contribution < -0.4 is 5.32 Å². The molecule has 3 amide bonds. The standard InChI is InChI=1S/C35H54N2O12/c1-2-3-4-10-13-27(39)14-11-8-6-5-7-9-12-15-28(40)31(43)35(23-38,33(45)46)36-34(47)49-24-48-32(44)26-18-16-25(17-19-26)22-37-29(41)20-21-30(37)42/h9,12,20-21,25-26,28,31,38,40,43H,2-8,10-11,13-19,22-24H2,1H3,(H,36,47)(H,45,46)/b12-9+/t25?,26?,28-,31+,35+/m1/s1. The summed E-state index contributed by atoms with van der Waals surface area (Å²) in [4.78, 5) is 73.5. The summed E-state index contributed by atoms with van der Waals surface area (Å²) < 4.78 is 9.80. The number of nitrogens with zero attached hydrogens (tertiary/aromatic N) is 1. The van der Waals surface area contributed by atoms with E-state index in [0.717, 1.165) is 51.4 Å². The molecule has 1 fully saturated rings. The van der Waals surface area contributed by atoms with Crippen molar-refractivity contribution in [3.8, 4) is 0 Å². The van der Waals surface area contributed by atoms with Gasteiger partial charge in [-0.1, -0.05) is 51.2 Å². The van der Waals surface area contributed by atoms with Gasteiger partial charge in [0.25, 0.3) is 11.8 Å². The summed E-state index contributed by atoms with van der Waals surface area (Å²) in [6, 6.07) is 0. The summed E-state index contributed by atoms with van der Waals surface area (Å²) in [7, 11) is 0. The first kappa shape index (κ1) is 41.6. The fraction of sp³-hybridized carbons (Fsp3) is 0.714. The van der Waals surface area contributed by atoms with Crippen molar-refractivity contribution in [1.82, 2.24) is 10.2 Å². The van der Waals surface area contributed by atoms with Crippen LogP contribution in [-0.4, -0.2) is 98.6 Å². The number of unbranched alkanes of at least 4 members (excludes halogenated alkanes) is 7. The number of aliphatic carboxylic acids is 1. The van der Waals surface area contributed by atoms with Gasteiger partial charge in [0, 0.05) is 31.5 Å². The SMILES string of the molecule is CCCCCCC(=O)CCCCCC/C=C/C[C@@H](O)[C@H](O)[C@](CO)(NC(=O)OCOC(=O)C1CCC(CN2C(=O)C=CC2=O)CC1)C(=O)O. The second-order valence-electron chi connectivity index (χ2n) is 12.9. The molecule has 1 aliphatic heterocycles. The van der Waals surface area contributed by atoms with E-state index in [4.69, 9.17) is 9.47 Å². The molecule has 0 bridgehead atoms. The van der Waals surface area contributed by atoms with Gasteiger partial charge >= 0.3 is 18.0 Å². The molecule has 0 aromatic rings. The summed E-state index contributed by atoms with van der Waals surface area (Å²) in [6.07, 6.45) is 12.4. The first-order chi connectivity index (χ1) is 23.4. The zero-order valence-corrected chi connectivity index (χ0v) is 28.6. The van der Waals surface area contributed by atoms with Crippen molar-refractivity contribution in [2.45, 2.75) is 127 Å². The van der Waals surface area contributed by atoms with Crippen LogP contribution in [0.15, 0.2) is 24.3 Å². The van der Waals surface area contributed by atoms with Gasteiger partial charge in [0.2, 0.25) is 6.79 Å². The third kappa shape index (κ3) is 14.0. The lowest BCUT2D eigenvalue weighted by molar-refractivity contribution is -0.162. The molecule has 2 aliphatic rings. The molecule has 0 saturated heterocycles. The molecule has 0 radical (unpaired) electrons. The second kappa shape index (κ2) is 22.2. The van der Waals surface area contributed by atoms with Crippen LogP contribution in [0.2, 0.25) is 0 Å². The molecule has 1 saturated carbocycles. The third-order valence-electron chi connectivity index (χ3n) is 9.17. The van der Waals surface area contributed by atoms with Gasteiger partial charge in [-0.3, -0.25) is 24.1 Å². The number of rotatable bonds is 24. The molecule has 0 aromatic heterocycles. The number of carbonyl (C=O) groups is 6. The molecular formula is C35H54N2O12. The van der Waals surface area contributed by atoms with E-state index in [2.05, 4.69) is 6.92 Å².